The van der Waals surface area contributed by atoms with Crippen LogP contribution in [0.25, 0.3) is 0 Å². The highest BCUT2D eigenvalue weighted by atomic mass is 32.1. The normalized spacial score (nSPS) is 15.9. The average Bonchev–Trinajstić information content (AvgIpc) is 3.52. The zero-order valence-electron chi connectivity index (χ0n) is 18.7. The fourth-order valence-electron chi connectivity index (χ4n) is 4.04. The number of nitrogens with one attached hydrogen (secondary N) is 1. The van der Waals surface area contributed by atoms with E-state index in [9.17, 15) is 18.0 Å². The number of hydrogen-bond donors (Lipinski definition) is 1. The summed E-state index contributed by atoms with van der Waals surface area (Å²) in [4.78, 5) is 21.4. The van der Waals surface area contributed by atoms with Crippen LogP contribution in [0.5, 0.6) is 11.5 Å². The molecule has 1 amide bonds. The number of hydrogen-bond acceptors (Lipinski definition) is 7. The highest BCUT2D eigenvalue weighted by molar-refractivity contribution is 7.13. The molecular weight excluding hydrogens is 481 g/mol. The number of halogens is 3. The monoisotopic (exact) mass is 504 g/mol. The zero-order chi connectivity index (χ0) is 24.4. The summed E-state index contributed by atoms with van der Waals surface area (Å²) in [5.41, 5.74) is 1.07. The molecule has 1 fully saturated rings. The first-order valence-electron chi connectivity index (χ1n) is 11.1. The van der Waals surface area contributed by atoms with Crippen molar-refractivity contribution in [3.05, 3.63) is 70.2 Å². The van der Waals surface area contributed by atoms with E-state index in [0.717, 1.165) is 67.1 Å². The van der Waals surface area contributed by atoms with E-state index in [4.69, 9.17) is 9.47 Å². The van der Waals surface area contributed by atoms with Crippen molar-refractivity contribution in [3.8, 4) is 11.5 Å². The minimum Gasteiger partial charge on any atom is -0.454 e. The molecule has 0 saturated carbocycles. The number of nitrogens with zero attached hydrogens (tertiary/aromatic N) is 3. The van der Waals surface area contributed by atoms with Crippen molar-refractivity contribution in [2.24, 2.45) is 0 Å². The minimum atomic E-state index is -4.42. The van der Waals surface area contributed by atoms with Crippen LogP contribution in [0.3, 0.4) is 0 Å². The third kappa shape index (κ3) is 5.51. The summed E-state index contributed by atoms with van der Waals surface area (Å²) in [6, 6.07) is 10.9. The summed E-state index contributed by atoms with van der Waals surface area (Å²) in [7, 11) is 0. The van der Waals surface area contributed by atoms with Gasteiger partial charge in [0.2, 0.25) is 6.79 Å². The highest BCUT2D eigenvalue weighted by Crippen LogP contribution is 2.33. The van der Waals surface area contributed by atoms with Gasteiger partial charge in [0, 0.05) is 44.6 Å². The molecule has 7 nitrogen and oxygen atoms in total. The molecule has 0 bridgehead atoms. The predicted molar refractivity (Wildman–Crippen MR) is 125 cm³/mol. The number of piperazine rings is 1. The van der Waals surface area contributed by atoms with E-state index in [1.54, 1.807) is 11.4 Å². The average molecular weight is 505 g/mol. The second-order valence-electron chi connectivity index (χ2n) is 8.35. The zero-order valence-corrected chi connectivity index (χ0v) is 19.5. The van der Waals surface area contributed by atoms with Crippen LogP contribution in [-0.4, -0.2) is 48.8 Å². The molecular formula is C24H23F3N4O3S. The number of carbonyl (C=O) groups excluding carboxylic acids is 1. The van der Waals surface area contributed by atoms with E-state index < -0.39 is 17.6 Å². The van der Waals surface area contributed by atoms with Gasteiger partial charge in [0.15, 0.2) is 16.6 Å². The molecule has 2 aliphatic heterocycles. The molecule has 0 atom stereocenters. The molecule has 0 unspecified atom stereocenters. The van der Waals surface area contributed by atoms with Crippen molar-refractivity contribution in [3.63, 3.8) is 0 Å². The number of benzene rings is 2. The van der Waals surface area contributed by atoms with Crippen LogP contribution in [-0.2, 0) is 19.3 Å². The second-order valence-corrected chi connectivity index (χ2v) is 9.18. The molecule has 11 heteroatoms. The Morgan fingerprint density at radius 2 is 1.83 bits per heavy atom. The van der Waals surface area contributed by atoms with Gasteiger partial charge in [-0.2, -0.15) is 13.2 Å². The van der Waals surface area contributed by atoms with E-state index in [1.165, 1.54) is 17.4 Å². The number of amides is 1. The summed E-state index contributed by atoms with van der Waals surface area (Å²) in [5, 5.41) is 5.09. The molecule has 184 valence electrons. The fraction of sp³-hybridized carbons (Fsp3) is 0.333. The first-order chi connectivity index (χ1) is 16.8. The first kappa shape index (κ1) is 23.4. The van der Waals surface area contributed by atoms with Crippen LogP contribution in [0.1, 0.15) is 27.2 Å². The van der Waals surface area contributed by atoms with E-state index in [-0.39, 0.29) is 19.0 Å². The molecule has 3 aromatic rings. The Morgan fingerprint density at radius 3 is 2.63 bits per heavy atom. The van der Waals surface area contributed by atoms with Gasteiger partial charge in [0.05, 0.1) is 5.56 Å². The largest absolute Gasteiger partial charge is 0.454 e. The number of carbonyl (C=O) groups is 1. The molecule has 5 rings (SSSR count). The van der Waals surface area contributed by atoms with Crippen molar-refractivity contribution in [1.29, 1.82) is 0 Å². The summed E-state index contributed by atoms with van der Waals surface area (Å²) < 4.78 is 49.5. The van der Waals surface area contributed by atoms with Crippen molar-refractivity contribution in [2.45, 2.75) is 19.3 Å². The molecule has 0 radical (unpaired) electrons. The standard InChI is InChI=1S/C24H23F3N4O3S/c25-24(26,27)18-3-1-2-16(10-18)12-28-22(32)19-14-35-23(29-19)31-8-6-30(7-9-31)13-17-4-5-20-21(11-17)34-15-33-20/h1-5,10-11,14H,6-9,12-13,15H2,(H,28,32). The minimum absolute atomic E-state index is 0.00581. The molecule has 3 heterocycles. The first-order valence-corrected chi connectivity index (χ1v) is 12.0. The Kier molecular flexibility index (Phi) is 6.52. The number of aromatic nitrogens is 1. The van der Waals surface area contributed by atoms with E-state index in [0.29, 0.717) is 5.56 Å². The van der Waals surface area contributed by atoms with E-state index in [1.807, 2.05) is 18.2 Å². The molecule has 35 heavy (non-hydrogen) atoms. The van der Waals surface area contributed by atoms with Gasteiger partial charge in [-0.05, 0) is 35.4 Å². The maximum atomic E-state index is 12.9. The van der Waals surface area contributed by atoms with Crippen molar-refractivity contribution < 1.29 is 27.4 Å². The quantitative estimate of drug-likeness (QED) is 0.544. The van der Waals surface area contributed by atoms with Crippen LogP contribution >= 0.6 is 11.3 Å². The SMILES string of the molecule is O=C(NCc1cccc(C(F)(F)F)c1)c1csc(N2CCN(Cc3ccc4c(c3)OCO4)CC2)n1. The Morgan fingerprint density at radius 1 is 1.03 bits per heavy atom. The van der Waals surface area contributed by atoms with Gasteiger partial charge >= 0.3 is 6.18 Å². The molecule has 1 aromatic heterocycles. The van der Waals surface area contributed by atoms with Gasteiger partial charge in [0.25, 0.3) is 5.91 Å². The van der Waals surface area contributed by atoms with Crippen LogP contribution in [0.4, 0.5) is 18.3 Å². The van der Waals surface area contributed by atoms with Gasteiger partial charge in [-0.3, -0.25) is 9.69 Å². The van der Waals surface area contributed by atoms with Gasteiger partial charge in [-0.15, -0.1) is 11.3 Å². The number of rotatable bonds is 6. The topological polar surface area (TPSA) is 66.9 Å². The third-order valence-corrected chi connectivity index (χ3v) is 6.82. The Bertz CT molecular complexity index is 1210. The Hall–Kier alpha value is -3.31. The number of alkyl halides is 3. The van der Waals surface area contributed by atoms with Crippen LogP contribution in [0.15, 0.2) is 47.8 Å². The van der Waals surface area contributed by atoms with Crippen LogP contribution in [0, 0.1) is 0 Å². The summed E-state index contributed by atoms with van der Waals surface area (Å²) in [6.45, 7) is 4.33. The maximum Gasteiger partial charge on any atom is 0.416 e. The molecule has 0 aliphatic carbocycles. The number of anilines is 1. The van der Waals surface area contributed by atoms with E-state index in [2.05, 4.69) is 20.1 Å². The van der Waals surface area contributed by atoms with Crippen molar-refractivity contribution >= 4 is 22.4 Å². The molecule has 1 N–H and O–H groups in total. The number of ether oxygens (including phenoxy) is 2. The summed E-state index contributed by atoms with van der Waals surface area (Å²) in [6.07, 6.45) is -4.42. The number of thiazole rings is 1. The lowest BCUT2D eigenvalue weighted by Gasteiger charge is -2.34. The molecule has 1 saturated heterocycles. The lowest BCUT2D eigenvalue weighted by Crippen LogP contribution is -2.46. The lowest BCUT2D eigenvalue weighted by molar-refractivity contribution is -0.137. The van der Waals surface area contributed by atoms with Gasteiger partial charge in [-0.25, -0.2) is 4.98 Å². The lowest BCUT2D eigenvalue weighted by atomic mass is 10.1. The van der Waals surface area contributed by atoms with Gasteiger partial charge < -0.3 is 19.7 Å². The third-order valence-electron chi connectivity index (χ3n) is 5.92. The van der Waals surface area contributed by atoms with Crippen molar-refractivity contribution in [2.75, 3.05) is 37.9 Å². The Balaban J connectivity index is 1.12. The van der Waals surface area contributed by atoms with Gasteiger partial charge in [0.1, 0.15) is 5.69 Å². The summed E-state index contributed by atoms with van der Waals surface area (Å²) >= 11 is 1.39. The summed E-state index contributed by atoms with van der Waals surface area (Å²) in [5.74, 6) is 1.14. The van der Waals surface area contributed by atoms with Gasteiger partial charge in [-0.1, -0.05) is 18.2 Å². The van der Waals surface area contributed by atoms with Crippen LogP contribution < -0.4 is 19.7 Å². The number of fused-ring (bicyclic) bond motifs is 1. The van der Waals surface area contributed by atoms with Crippen molar-refractivity contribution in [1.82, 2.24) is 15.2 Å². The predicted octanol–water partition coefficient (Wildman–Crippen LogP) is 4.14. The highest BCUT2D eigenvalue weighted by Gasteiger charge is 2.30. The van der Waals surface area contributed by atoms with E-state index >= 15 is 0 Å². The molecule has 2 aliphatic rings. The van der Waals surface area contributed by atoms with Crippen LogP contribution in [0.2, 0.25) is 0 Å². The maximum absolute atomic E-state index is 12.9. The smallest absolute Gasteiger partial charge is 0.416 e. The molecule has 0 spiro atoms. The molecule has 2 aromatic carbocycles. The fourth-order valence-corrected chi connectivity index (χ4v) is 4.90. The Labute approximate surface area is 204 Å². The second kappa shape index (κ2) is 9.74.